The first kappa shape index (κ1) is 17.5. The smallest absolute Gasteiger partial charge is 0.238 e. The molecule has 1 aromatic rings. The van der Waals surface area contributed by atoms with Gasteiger partial charge < -0.3 is 10.1 Å². The molecule has 118 valence electrons. The zero-order chi connectivity index (χ0) is 15.5. The summed E-state index contributed by atoms with van der Waals surface area (Å²) in [5.41, 5.74) is 0.729. The van der Waals surface area contributed by atoms with Crippen LogP contribution in [-0.4, -0.2) is 37.6 Å². The molecule has 4 nitrogen and oxygen atoms in total. The van der Waals surface area contributed by atoms with Gasteiger partial charge in [-0.05, 0) is 31.6 Å². The molecule has 4 heteroatoms. The Bertz CT molecular complexity index is 421. The monoisotopic (exact) mass is 292 g/mol. The second-order valence-corrected chi connectivity index (χ2v) is 5.18. The highest BCUT2D eigenvalue weighted by Crippen LogP contribution is 2.22. The third-order valence-corrected chi connectivity index (χ3v) is 3.52. The van der Waals surface area contributed by atoms with E-state index in [-0.39, 0.29) is 5.91 Å². The molecule has 0 saturated carbocycles. The van der Waals surface area contributed by atoms with E-state index in [2.05, 4.69) is 24.1 Å². The van der Waals surface area contributed by atoms with Gasteiger partial charge in [0.25, 0.3) is 0 Å². The summed E-state index contributed by atoms with van der Waals surface area (Å²) in [5, 5.41) is 2.92. The van der Waals surface area contributed by atoms with Crippen LogP contribution in [0, 0.1) is 0 Å². The maximum absolute atomic E-state index is 12.1. The highest BCUT2D eigenvalue weighted by atomic mass is 16.5. The minimum absolute atomic E-state index is 0.0110. The SMILES string of the molecule is CCCCCCN(CC)CC(=O)Nc1ccccc1OC. The number of hydrogen-bond acceptors (Lipinski definition) is 3. The van der Waals surface area contributed by atoms with Crippen LogP contribution in [0.4, 0.5) is 5.69 Å². The van der Waals surface area contributed by atoms with Crippen molar-refractivity contribution in [2.75, 3.05) is 32.1 Å². The Hall–Kier alpha value is -1.55. The lowest BCUT2D eigenvalue weighted by Crippen LogP contribution is -2.34. The number of likely N-dealkylation sites (N-methyl/N-ethyl adjacent to an activating group) is 1. The first-order valence-corrected chi connectivity index (χ1v) is 7.86. The molecule has 0 aromatic heterocycles. The lowest BCUT2D eigenvalue weighted by molar-refractivity contribution is -0.117. The van der Waals surface area contributed by atoms with Gasteiger partial charge >= 0.3 is 0 Å². The zero-order valence-corrected chi connectivity index (χ0v) is 13.5. The molecule has 0 atom stereocenters. The fraction of sp³-hybridized carbons (Fsp3) is 0.588. The average molecular weight is 292 g/mol. The van der Waals surface area contributed by atoms with Crippen molar-refractivity contribution in [3.05, 3.63) is 24.3 Å². The van der Waals surface area contributed by atoms with Crippen LogP contribution in [0.3, 0.4) is 0 Å². The van der Waals surface area contributed by atoms with E-state index in [0.717, 1.165) is 25.2 Å². The molecule has 0 fully saturated rings. The summed E-state index contributed by atoms with van der Waals surface area (Å²) in [6.07, 6.45) is 4.90. The summed E-state index contributed by atoms with van der Waals surface area (Å²) >= 11 is 0. The van der Waals surface area contributed by atoms with Gasteiger partial charge in [0.15, 0.2) is 0 Å². The minimum Gasteiger partial charge on any atom is -0.495 e. The van der Waals surface area contributed by atoms with Crippen molar-refractivity contribution in [2.24, 2.45) is 0 Å². The predicted molar refractivity (Wildman–Crippen MR) is 87.9 cm³/mol. The Kier molecular flexibility index (Phi) is 8.51. The normalized spacial score (nSPS) is 10.7. The fourth-order valence-corrected chi connectivity index (χ4v) is 2.25. The van der Waals surface area contributed by atoms with Crippen LogP contribution in [0.15, 0.2) is 24.3 Å². The number of para-hydroxylation sites is 2. The predicted octanol–water partition coefficient (Wildman–Crippen LogP) is 3.54. The van der Waals surface area contributed by atoms with Gasteiger partial charge in [-0.2, -0.15) is 0 Å². The van der Waals surface area contributed by atoms with E-state index >= 15 is 0 Å². The molecular formula is C17H28N2O2. The summed E-state index contributed by atoms with van der Waals surface area (Å²) < 4.78 is 5.24. The largest absolute Gasteiger partial charge is 0.495 e. The van der Waals surface area contributed by atoms with Gasteiger partial charge in [-0.3, -0.25) is 9.69 Å². The fourth-order valence-electron chi connectivity index (χ4n) is 2.25. The Morgan fingerprint density at radius 1 is 1.19 bits per heavy atom. The summed E-state index contributed by atoms with van der Waals surface area (Å²) in [4.78, 5) is 14.3. The van der Waals surface area contributed by atoms with E-state index in [0.29, 0.717) is 12.3 Å². The summed E-state index contributed by atoms with van der Waals surface area (Å²) in [7, 11) is 1.61. The number of methoxy groups -OCH3 is 1. The number of ether oxygens (including phenoxy) is 1. The maximum atomic E-state index is 12.1. The van der Waals surface area contributed by atoms with Crippen LogP contribution in [0.25, 0.3) is 0 Å². The van der Waals surface area contributed by atoms with Crippen molar-refractivity contribution < 1.29 is 9.53 Å². The van der Waals surface area contributed by atoms with Gasteiger partial charge in [-0.15, -0.1) is 0 Å². The molecule has 1 rings (SSSR count). The highest BCUT2D eigenvalue weighted by molar-refractivity contribution is 5.93. The van der Waals surface area contributed by atoms with Crippen molar-refractivity contribution >= 4 is 11.6 Å². The van der Waals surface area contributed by atoms with Crippen molar-refractivity contribution in [1.29, 1.82) is 0 Å². The van der Waals surface area contributed by atoms with E-state index in [1.807, 2.05) is 24.3 Å². The molecule has 21 heavy (non-hydrogen) atoms. The summed E-state index contributed by atoms with van der Waals surface area (Å²) in [5.74, 6) is 0.702. The molecule has 1 aromatic carbocycles. The number of benzene rings is 1. The zero-order valence-electron chi connectivity index (χ0n) is 13.5. The van der Waals surface area contributed by atoms with Crippen LogP contribution in [-0.2, 0) is 4.79 Å². The van der Waals surface area contributed by atoms with Gasteiger partial charge in [0.2, 0.25) is 5.91 Å². The number of amides is 1. The van der Waals surface area contributed by atoms with E-state index in [1.54, 1.807) is 7.11 Å². The second kappa shape index (κ2) is 10.2. The molecule has 0 radical (unpaired) electrons. The van der Waals surface area contributed by atoms with Gasteiger partial charge in [-0.25, -0.2) is 0 Å². The van der Waals surface area contributed by atoms with Gasteiger partial charge in [0, 0.05) is 0 Å². The number of carbonyl (C=O) groups excluding carboxylic acids is 1. The van der Waals surface area contributed by atoms with Crippen molar-refractivity contribution in [2.45, 2.75) is 39.5 Å². The highest BCUT2D eigenvalue weighted by Gasteiger charge is 2.11. The lowest BCUT2D eigenvalue weighted by Gasteiger charge is -2.20. The maximum Gasteiger partial charge on any atom is 0.238 e. The molecule has 0 unspecified atom stereocenters. The van der Waals surface area contributed by atoms with E-state index in [4.69, 9.17) is 4.74 Å². The number of unbranched alkanes of at least 4 members (excludes halogenated alkanes) is 3. The van der Waals surface area contributed by atoms with Crippen LogP contribution >= 0.6 is 0 Å². The topological polar surface area (TPSA) is 41.6 Å². The van der Waals surface area contributed by atoms with Crippen LogP contribution < -0.4 is 10.1 Å². The standard InChI is InChI=1S/C17H28N2O2/c1-4-6-7-10-13-19(5-2)14-17(20)18-15-11-8-9-12-16(15)21-3/h8-9,11-12H,4-7,10,13-14H2,1-3H3,(H,18,20). The van der Waals surface area contributed by atoms with Crippen molar-refractivity contribution in [3.8, 4) is 5.75 Å². The van der Waals surface area contributed by atoms with E-state index in [1.165, 1.54) is 19.3 Å². The number of nitrogens with zero attached hydrogens (tertiary/aromatic N) is 1. The second-order valence-electron chi connectivity index (χ2n) is 5.18. The van der Waals surface area contributed by atoms with Gasteiger partial charge in [0.05, 0.1) is 19.3 Å². The number of nitrogens with one attached hydrogen (secondary N) is 1. The van der Waals surface area contributed by atoms with Crippen LogP contribution in [0.1, 0.15) is 39.5 Å². The molecule has 0 aliphatic carbocycles. The number of hydrogen-bond donors (Lipinski definition) is 1. The molecular weight excluding hydrogens is 264 g/mol. The summed E-state index contributed by atoms with van der Waals surface area (Å²) in [6.45, 7) is 6.61. The Morgan fingerprint density at radius 2 is 1.95 bits per heavy atom. The Labute approximate surface area is 128 Å². The summed E-state index contributed by atoms with van der Waals surface area (Å²) in [6, 6.07) is 7.48. The number of anilines is 1. The molecule has 0 spiro atoms. The Morgan fingerprint density at radius 3 is 2.62 bits per heavy atom. The van der Waals surface area contributed by atoms with Crippen molar-refractivity contribution in [1.82, 2.24) is 4.90 Å². The minimum atomic E-state index is 0.0110. The van der Waals surface area contributed by atoms with Gasteiger partial charge in [-0.1, -0.05) is 45.2 Å². The first-order chi connectivity index (χ1) is 10.2. The lowest BCUT2D eigenvalue weighted by atomic mass is 10.2. The molecule has 0 heterocycles. The quantitative estimate of drug-likeness (QED) is 0.671. The molecule has 1 N–H and O–H groups in total. The van der Waals surface area contributed by atoms with Crippen molar-refractivity contribution in [3.63, 3.8) is 0 Å². The van der Waals surface area contributed by atoms with E-state index < -0.39 is 0 Å². The third kappa shape index (κ3) is 6.63. The third-order valence-electron chi connectivity index (χ3n) is 3.52. The van der Waals surface area contributed by atoms with Crippen LogP contribution in [0.2, 0.25) is 0 Å². The molecule has 0 aliphatic heterocycles. The van der Waals surface area contributed by atoms with Gasteiger partial charge in [0.1, 0.15) is 5.75 Å². The number of carbonyl (C=O) groups is 1. The molecule has 1 amide bonds. The van der Waals surface area contributed by atoms with Crippen LogP contribution in [0.5, 0.6) is 5.75 Å². The molecule has 0 aliphatic rings. The molecule has 0 bridgehead atoms. The first-order valence-electron chi connectivity index (χ1n) is 7.86. The number of rotatable bonds is 10. The van der Waals surface area contributed by atoms with E-state index in [9.17, 15) is 4.79 Å². The molecule has 0 saturated heterocycles. The average Bonchev–Trinajstić information content (AvgIpc) is 2.50. The Balaban J connectivity index is 2.43.